The second kappa shape index (κ2) is 6.61. The van der Waals surface area contributed by atoms with Crippen molar-refractivity contribution in [2.75, 3.05) is 19.7 Å². The summed E-state index contributed by atoms with van der Waals surface area (Å²) in [7, 11) is 0. The van der Waals surface area contributed by atoms with Crippen LogP contribution in [-0.2, 0) is 4.79 Å². The molecule has 0 saturated carbocycles. The molecular weight excluding hydrogens is 268 g/mol. The van der Waals surface area contributed by atoms with Gasteiger partial charge in [0.15, 0.2) is 6.61 Å². The number of piperidine rings is 1. The summed E-state index contributed by atoms with van der Waals surface area (Å²) < 4.78 is 5.48. The van der Waals surface area contributed by atoms with Gasteiger partial charge in [-0.1, -0.05) is 13.8 Å². The quantitative estimate of drug-likeness (QED) is 0.916. The molecule has 0 unspecified atom stereocenters. The van der Waals surface area contributed by atoms with Crippen molar-refractivity contribution in [1.82, 2.24) is 4.90 Å². The predicted molar refractivity (Wildman–Crippen MR) is 80.0 cm³/mol. The Morgan fingerprint density at radius 1 is 1.19 bits per heavy atom. The molecular formula is C16H22N2O3. The highest BCUT2D eigenvalue weighted by molar-refractivity contribution is 5.92. The van der Waals surface area contributed by atoms with Gasteiger partial charge in [0, 0.05) is 18.7 Å². The number of nitrogens with two attached hydrogens (primary N) is 1. The van der Waals surface area contributed by atoms with Crippen molar-refractivity contribution in [3.63, 3.8) is 0 Å². The van der Waals surface area contributed by atoms with E-state index in [1.807, 2.05) is 4.90 Å². The lowest BCUT2D eigenvalue weighted by molar-refractivity contribution is -0.136. The van der Waals surface area contributed by atoms with Crippen molar-refractivity contribution in [2.24, 2.45) is 17.6 Å². The molecule has 1 heterocycles. The van der Waals surface area contributed by atoms with E-state index in [1.165, 1.54) is 6.42 Å². The van der Waals surface area contributed by atoms with Gasteiger partial charge in [0.05, 0.1) is 0 Å². The highest BCUT2D eigenvalue weighted by Gasteiger charge is 2.25. The largest absolute Gasteiger partial charge is 0.484 e. The summed E-state index contributed by atoms with van der Waals surface area (Å²) in [4.78, 5) is 25.0. The van der Waals surface area contributed by atoms with Crippen LogP contribution in [0.4, 0.5) is 0 Å². The van der Waals surface area contributed by atoms with E-state index >= 15 is 0 Å². The molecule has 2 N–H and O–H groups in total. The van der Waals surface area contributed by atoms with Crippen LogP contribution in [-0.4, -0.2) is 36.4 Å². The van der Waals surface area contributed by atoms with Crippen molar-refractivity contribution in [3.05, 3.63) is 29.8 Å². The fourth-order valence-corrected chi connectivity index (χ4v) is 2.82. The summed E-state index contributed by atoms with van der Waals surface area (Å²) >= 11 is 0. The summed E-state index contributed by atoms with van der Waals surface area (Å²) in [6.45, 7) is 5.95. The fourth-order valence-electron chi connectivity index (χ4n) is 2.82. The number of hydrogen-bond donors (Lipinski definition) is 1. The maximum atomic E-state index is 12.2. The smallest absolute Gasteiger partial charge is 0.260 e. The maximum Gasteiger partial charge on any atom is 0.260 e. The lowest BCUT2D eigenvalue weighted by Gasteiger charge is -2.34. The van der Waals surface area contributed by atoms with Crippen LogP contribution in [0.25, 0.3) is 0 Å². The molecule has 1 aromatic rings. The minimum Gasteiger partial charge on any atom is -0.484 e. The molecule has 1 aliphatic rings. The zero-order valence-corrected chi connectivity index (χ0v) is 12.5. The van der Waals surface area contributed by atoms with Gasteiger partial charge in [-0.15, -0.1) is 0 Å². The van der Waals surface area contributed by atoms with Crippen LogP contribution >= 0.6 is 0 Å². The van der Waals surface area contributed by atoms with E-state index in [4.69, 9.17) is 10.5 Å². The first-order chi connectivity index (χ1) is 9.95. The van der Waals surface area contributed by atoms with E-state index < -0.39 is 5.91 Å². The third-order valence-corrected chi connectivity index (χ3v) is 3.72. The summed E-state index contributed by atoms with van der Waals surface area (Å²) in [6, 6.07) is 6.48. The molecule has 1 aliphatic heterocycles. The summed E-state index contributed by atoms with van der Waals surface area (Å²) in [6.07, 6.45) is 1.17. The number of carbonyl (C=O) groups is 2. The Morgan fingerprint density at radius 3 is 2.29 bits per heavy atom. The first-order valence-electron chi connectivity index (χ1n) is 7.26. The lowest BCUT2D eigenvalue weighted by Crippen LogP contribution is -2.44. The standard InChI is InChI=1S/C16H22N2O3/c1-11-7-12(2)9-18(8-11)15(19)10-21-14-5-3-13(4-6-14)16(17)20/h3-6,11-12H,7-10H2,1-2H3,(H2,17,20)/t11-,12-/m0/s1. The molecule has 5 nitrogen and oxygen atoms in total. The number of primary amides is 1. The molecule has 1 aromatic carbocycles. The fraction of sp³-hybridized carbons (Fsp3) is 0.500. The van der Waals surface area contributed by atoms with Crippen molar-refractivity contribution < 1.29 is 14.3 Å². The molecule has 0 aromatic heterocycles. The Hall–Kier alpha value is -2.04. The average molecular weight is 290 g/mol. The Balaban J connectivity index is 1.87. The van der Waals surface area contributed by atoms with Gasteiger partial charge < -0.3 is 15.4 Å². The number of nitrogens with zero attached hydrogens (tertiary/aromatic N) is 1. The van der Waals surface area contributed by atoms with E-state index in [2.05, 4.69) is 13.8 Å². The molecule has 2 amide bonds. The van der Waals surface area contributed by atoms with Crippen LogP contribution in [0.2, 0.25) is 0 Å². The number of ether oxygens (including phenoxy) is 1. The van der Waals surface area contributed by atoms with E-state index in [1.54, 1.807) is 24.3 Å². The van der Waals surface area contributed by atoms with Gasteiger partial charge in [0.1, 0.15) is 5.75 Å². The summed E-state index contributed by atoms with van der Waals surface area (Å²) in [5.74, 6) is 1.16. The van der Waals surface area contributed by atoms with Crippen LogP contribution in [0.3, 0.4) is 0 Å². The van der Waals surface area contributed by atoms with Gasteiger partial charge in [-0.05, 0) is 42.5 Å². The van der Waals surface area contributed by atoms with Crippen molar-refractivity contribution in [3.8, 4) is 5.75 Å². The molecule has 5 heteroatoms. The van der Waals surface area contributed by atoms with E-state index in [-0.39, 0.29) is 12.5 Å². The maximum absolute atomic E-state index is 12.2. The minimum atomic E-state index is -0.478. The molecule has 0 aliphatic carbocycles. The van der Waals surface area contributed by atoms with Crippen LogP contribution < -0.4 is 10.5 Å². The normalized spacial score (nSPS) is 21.9. The number of likely N-dealkylation sites (tertiary alicyclic amines) is 1. The number of carbonyl (C=O) groups excluding carboxylic acids is 2. The van der Waals surface area contributed by atoms with E-state index in [9.17, 15) is 9.59 Å². The highest BCUT2D eigenvalue weighted by atomic mass is 16.5. The second-order valence-corrected chi connectivity index (χ2v) is 5.92. The molecule has 1 fully saturated rings. The number of rotatable bonds is 4. The van der Waals surface area contributed by atoms with Gasteiger partial charge in [-0.2, -0.15) is 0 Å². The highest BCUT2D eigenvalue weighted by Crippen LogP contribution is 2.21. The second-order valence-electron chi connectivity index (χ2n) is 5.92. The van der Waals surface area contributed by atoms with E-state index in [0.29, 0.717) is 23.1 Å². The molecule has 1 saturated heterocycles. The van der Waals surface area contributed by atoms with Crippen molar-refractivity contribution in [1.29, 1.82) is 0 Å². The molecule has 0 spiro atoms. The first-order valence-corrected chi connectivity index (χ1v) is 7.26. The topological polar surface area (TPSA) is 72.6 Å². The van der Waals surface area contributed by atoms with E-state index in [0.717, 1.165) is 13.1 Å². The summed E-state index contributed by atoms with van der Waals surface area (Å²) in [5.41, 5.74) is 5.59. The third-order valence-electron chi connectivity index (χ3n) is 3.72. The Morgan fingerprint density at radius 2 is 1.76 bits per heavy atom. The van der Waals surface area contributed by atoms with Gasteiger partial charge in [-0.25, -0.2) is 0 Å². The van der Waals surface area contributed by atoms with Crippen molar-refractivity contribution in [2.45, 2.75) is 20.3 Å². The minimum absolute atomic E-state index is 0.00683. The molecule has 21 heavy (non-hydrogen) atoms. The third kappa shape index (κ3) is 4.21. The van der Waals surface area contributed by atoms with Gasteiger partial charge in [-0.3, -0.25) is 9.59 Å². The average Bonchev–Trinajstić information content (AvgIpc) is 2.44. The Bertz CT molecular complexity index is 503. The summed E-state index contributed by atoms with van der Waals surface area (Å²) in [5, 5.41) is 0. The van der Waals surface area contributed by atoms with Gasteiger partial charge >= 0.3 is 0 Å². The van der Waals surface area contributed by atoms with Crippen LogP contribution in [0, 0.1) is 11.8 Å². The molecule has 114 valence electrons. The Kier molecular flexibility index (Phi) is 4.83. The Labute approximate surface area is 125 Å². The molecule has 2 rings (SSSR count). The number of benzene rings is 1. The lowest BCUT2D eigenvalue weighted by atomic mass is 9.92. The van der Waals surface area contributed by atoms with Crippen LogP contribution in [0.15, 0.2) is 24.3 Å². The zero-order chi connectivity index (χ0) is 15.4. The zero-order valence-electron chi connectivity index (χ0n) is 12.5. The molecule has 2 atom stereocenters. The predicted octanol–water partition coefficient (Wildman–Crippen LogP) is 1.67. The first kappa shape index (κ1) is 15.4. The van der Waals surface area contributed by atoms with Crippen LogP contribution in [0.5, 0.6) is 5.75 Å². The SMILES string of the molecule is C[C@H]1C[C@H](C)CN(C(=O)COc2ccc(C(N)=O)cc2)C1. The number of amides is 2. The van der Waals surface area contributed by atoms with Crippen LogP contribution in [0.1, 0.15) is 30.6 Å². The van der Waals surface area contributed by atoms with Gasteiger partial charge in [0.25, 0.3) is 5.91 Å². The number of hydrogen-bond acceptors (Lipinski definition) is 3. The molecule has 0 radical (unpaired) electrons. The van der Waals surface area contributed by atoms with Gasteiger partial charge in [0.2, 0.25) is 5.91 Å². The molecule has 0 bridgehead atoms. The van der Waals surface area contributed by atoms with Crippen molar-refractivity contribution >= 4 is 11.8 Å². The monoisotopic (exact) mass is 290 g/mol.